The summed E-state index contributed by atoms with van der Waals surface area (Å²) in [7, 11) is 2.00. The summed E-state index contributed by atoms with van der Waals surface area (Å²) in [5.41, 5.74) is 2.58. The van der Waals surface area contributed by atoms with Crippen molar-refractivity contribution in [3.63, 3.8) is 0 Å². The molecule has 0 radical (unpaired) electrons. The Morgan fingerprint density at radius 3 is 2.50 bits per heavy atom. The van der Waals surface area contributed by atoms with Gasteiger partial charge in [-0.1, -0.05) is 6.07 Å². The van der Waals surface area contributed by atoms with Crippen LogP contribution in [0.25, 0.3) is 16.7 Å². The first-order valence-electron chi connectivity index (χ1n) is 9.47. The molecular formula is C21H24F2N4O. The fourth-order valence-electron chi connectivity index (χ4n) is 3.92. The van der Waals surface area contributed by atoms with Crippen molar-refractivity contribution in [1.82, 2.24) is 14.6 Å². The smallest absolute Gasteiger partial charge is 0.153 e. The Kier molecular flexibility index (Phi) is 4.81. The van der Waals surface area contributed by atoms with Crippen LogP contribution in [0, 0.1) is 25.5 Å². The molecule has 3 heterocycles. The fraction of sp³-hybridized carbons (Fsp3) is 0.381. The zero-order chi connectivity index (χ0) is 20.0. The van der Waals surface area contributed by atoms with Crippen LogP contribution in [0.15, 0.2) is 30.5 Å². The van der Waals surface area contributed by atoms with Gasteiger partial charge in [0.05, 0.1) is 11.0 Å². The van der Waals surface area contributed by atoms with Gasteiger partial charge in [0.25, 0.3) is 0 Å². The van der Waals surface area contributed by atoms with Gasteiger partial charge in [0, 0.05) is 32.4 Å². The molecule has 7 heteroatoms. The number of aromatic nitrogens is 2. The Balaban J connectivity index is 1.75. The van der Waals surface area contributed by atoms with Crippen molar-refractivity contribution in [1.29, 1.82) is 0 Å². The van der Waals surface area contributed by atoms with Gasteiger partial charge in [-0.3, -0.25) is 0 Å². The molecule has 0 aliphatic carbocycles. The molecule has 28 heavy (non-hydrogen) atoms. The lowest BCUT2D eigenvalue weighted by molar-refractivity contribution is -0.106. The summed E-state index contributed by atoms with van der Waals surface area (Å²) < 4.78 is 30.6. The number of pyridine rings is 1. The number of halogens is 2. The van der Waals surface area contributed by atoms with Gasteiger partial charge in [-0.2, -0.15) is 5.06 Å². The number of aryl methyl sites for hydroxylation is 2. The first-order valence-corrected chi connectivity index (χ1v) is 9.47. The van der Waals surface area contributed by atoms with Gasteiger partial charge in [0.1, 0.15) is 17.3 Å². The number of hydroxylamine groups is 2. The summed E-state index contributed by atoms with van der Waals surface area (Å²) in [6.45, 7) is 4.79. The van der Waals surface area contributed by atoms with Gasteiger partial charge >= 0.3 is 0 Å². The van der Waals surface area contributed by atoms with E-state index in [1.165, 1.54) is 17.2 Å². The second kappa shape index (κ2) is 7.14. The summed E-state index contributed by atoms with van der Waals surface area (Å²) in [6.07, 6.45) is 3.44. The molecule has 0 amide bonds. The standard InChI is InChI=1S/C21H24F2N4O/c1-13-4-5-16(22)21(19(13)23)27-12-14(2)20-17(27)6-7-18(24-20)25(3)15-8-10-26(28)11-9-15/h4-7,12,15,28H,8-11H2,1-3H3. The van der Waals surface area contributed by atoms with Gasteiger partial charge < -0.3 is 14.7 Å². The van der Waals surface area contributed by atoms with Crippen LogP contribution in [0.4, 0.5) is 14.6 Å². The molecule has 0 bridgehead atoms. The van der Waals surface area contributed by atoms with Crippen LogP contribution in [0.5, 0.6) is 0 Å². The van der Waals surface area contributed by atoms with Crippen LogP contribution in [-0.2, 0) is 0 Å². The van der Waals surface area contributed by atoms with E-state index in [0.29, 0.717) is 30.2 Å². The average molecular weight is 386 g/mol. The van der Waals surface area contributed by atoms with Crippen LogP contribution in [0.2, 0.25) is 0 Å². The number of piperidine rings is 1. The minimum Gasteiger partial charge on any atom is -0.357 e. The first kappa shape index (κ1) is 18.8. The molecule has 1 saturated heterocycles. The number of hydrogen-bond acceptors (Lipinski definition) is 4. The third-order valence-corrected chi connectivity index (χ3v) is 5.67. The number of fused-ring (bicyclic) bond motifs is 1. The van der Waals surface area contributed by atoms with Crippen molar-refractivity contribution in [2.75, 3.05) is 25.0 Å². The molecule has 2 aromatic heterocycles. The summed E-state index contributed by atoms with van der Waals surface area (Å²) >= 11 is 0. The number of nitrogens with zero attached hydrogens (tertiary/aromatic N) is 4. The first-order chi connectivity index (χ1) is 13.4. The minimum atomic E-state index is -0.600. The maximum absolute atomic E-state index is 14.7. The molecule has 1 aromatic carbocycles. The Labute approximate surface area is 162 Å². The number of hydrogen-bond donors (Lipinski definition) is 1. The predicted molar refractivity (Wildman–Crippen MR) is 105 cm³/mol. The summed E-state index contributed by atoms with van der Waals surface area (Å²) in [4.78, 5) is 6.90. The van der Waals surface area contributed by atoms with Crippen molar-refractivity contribution in [3.8, 4) is 5.69 Å². The quantitative estimate of drug-likeness (QED) is 0.732. The van der Waals surface area contributed by atoms with Gasteiger partial charge in [-0.15, -0.1) is 0 Å². The van der Waals surface area contributed by atoms with Crippen molar-refractivity contribution >= 4 is 16.9 Å². The second-order valence-corrected chi connectivity index (χ2v) is 7.54. The van der Waals surface area contributed by atoms with Crippen molar-refractivity contribution in [2.45, 2.75) is 32.7 Å². The minimum absolute atomic E-state index is 0.0728. The molecule has 0 unspecified atom stereocenters. The summed E-state index contributed by atoms with van der Waals surface area (Å²) in [5.74, 6) is -0.347. The lowest BCUT2D eigenvalue weighted by atomic mass is 10.1. The zero-order valence-electron chi connectivity index (χ0n) is 16.3. The van der Waals surface area contributed by atoms with E-state index in [1.54, 1.807) is 17.7 Å². The second-order valence-electron chi connectivity index (χ2n) is 7.54. The molecular weight excluding hydrogens is 362 g/mol. The van der Waals surface area contributed by atoms with Gasteiger partial charge in [0.15, 0.2) is 5.82 Å². The predicted octanol–water partition coefficient (Wildman–Crippen LogP) is 4.21. The molecule has 0 spiro atoms. The molecule has 0 saturated carbocycles. The normalized spacial score (nSPS) is 16.1. The molecule has 0 atom stereocenters. The van der Waals surface area contributed by atoms with E-state index in [2.05, 4.69) is 4.90 Å². The fourth-order valence-corrected chi connectivity index (χ4v) is 3.92. The van der Waals surface area contributed by atoms with Gasteiger partial charge in [0.2, 0.25) is 0 Å². The highest BCUT2D eigenvalue weighted by Gasteiger charge is 2.23. The maximum Gasteiger partial charge on any atom is 0.153 e. The molecule has 1 fully saturated rings. The molecule has 3 aromatic rings. The Hall–Kier alpha value is -2.51. The van der Waals surface area contributed by atoms with E-state index in [9.17, 15) is 14.0 Å². The monoisotopic (exact) mass is 386 g/mol. The molecule has 148 valence electrons. The lowest BCUT2D eigenvalue weighted by Gasteiger charge is -2.34. The van der Waals surface area contributed by atoms with E-state index < -0.39 is 11.6 Å². The van der Waals surface area contributed by atoms with Gasteiger partial charge in [-0.05, 0) is 56.0 Å². The molecule has 5 nitrogen and oxygen atoms in total. The van der Waals surface area contributed by atoms with E-state index >= 15 is 0 Å². The lowest BCUT2D eigenvalue weighted by Crippen LogP contribution is -2.42. The van der Waals surface area contributed by atoms with Crippen LogP contribution >= 0.6 is 0 Å². The molecule has 1 aliphatic rings. The van der Waals surface area contributed by atoms with Crippen molar-refractivity contribution in [3.05, 3.63) is 53.2 Å². The van der Waals surface area contributed by atoms with Crippen LogP contribution in [-0.4, -0.2) is 46.0 Å². The number of benzene rings is 1. The Bertz CT molecular complexity index is 1020. The Morgan fingerprint density at radius 1 is 1.07 bits per heavy atom. The highest BCUT2D eigenvalue weighted by Crippen LogP contribution is 2.30. The topological polar surface area (TPSA) is 44.5 Å². The third kappa shape index (κ3) is 3.14. The molecule has 1 aliphatic heterocycles. The molecule has 1 N–H and O–H groups in total. The largest absolute Gasteiger partial charge is 0.357 e. The van der Waals surface area contributed by atoms with E-state index in [-0.39, 0.29) is 5.69 Å². The number of anilines is 1. The van der Waals surface area contributed by atoms with Crippen molar-refractivity contribution in [2.24, 2.45) is 0 Å². The average Bonchev–Trinajstić information content (AvgIpc) is 3.01. The molecule has 4 rings (SSSR count). The maximum atomic E-state index is 14.7. The summed E-state index contributed by atoms with van der Waals surface area (Å²) in [5, 5.41) is 10.9. The highest BCUT2D eigenvalue weighted by atomic mass is 19.1. The van der Waals surface area contributed by atoms with E-state index in [1.807, 2.05) is 26.1 Å². The summed E-state index contributed by atoms with van der Waals surface area (Å²) in [6, 6.07) is 6.77. The SMILES string of the molecule is Cc1ccc(F)c(-n2cc(C)c3nc(N(C)C4CCN(O)CC4)ccc32)c1F. The zero-order valence-corrected chi connectivity index (χ0v) is 16.3. The van der Waals surface area contributed by atoms with Crippen LogP contribution in [0.3, 0.4) is 0 Å². The number of rotatable bonds is 3. The van der Waals surface area contributed by atoms with Gasteiger partial charge in [-0.25, -0.2) is 13.8 Å². The third-order valence-electron chi connectivity index (χ3n) is 5.67. The van der Waals surface area contributed by atoms with Crippen LogP contribution < -0.4 is 4.90 Å². The Morgan fingerprint density at radius 2 is 1.79 bits per heavy atom. The van der Waals surface area contributed by atoms with Crippen molar-refractivity contribution < 1.29 is 14.0 Å². The van der Waals surface area contributed by atoms with Crippen LogP contribution in [0.1, 0.15) is 24.0 Å². The van der Waals surface area contributed by atoms with E-state index in [0.717, 1.165) is 29.7 Å². The highest BCUT2D eigenvalue weighted by molar-refractivity contribution is 5.83. The van der Waals surface area contributed by atoms with E-state index in [4.69, 9.17) is 4.98 Å².